The molecule has 1 atom stereocenters. The Morgan fingerprint density at radius 1 is 1.44 bits per heavy atom. The molecule has 0 heterocycles. The molecule has 0 saturated heterocycles. The Balaban J connectivity index is 0.00000289. The lowest BCUT2D eigenvalue weighted by atomic mass is 9.94. The third-order valence-electron chi connectivity index (χ3n) is 3.43. The van der Waals surface area contributed by atoms with Gasteiger partial charge in [0.15, 0.2) is 0 Å². The van der Waals surface area contributed by atoms with Gasteiger partial charge in [0.25, 0.3) is 5.92 Å². The van der Waals surface area contributed by atoms with Crippen molar-refractivity contribution in [3.8, 4) is 0 Å². The normalized spacial score (nSPS) is 18.2. The molecule has 1 unspecified atom stereocenters. The highest BCUT2D eigenvalue weighted by atomic mass is 35.5. The lowest BCUT2D eigenvalue weighted by molar-refractivity contribution is -0.126. The Hall–Kier alpha value is -0.420. The molecule has 18 heavy (non-hydrogen) atoms. The molecular weight excluding hydrogens is 262 g/mol. The smallest absolute Gasteiger partial charge is 0.277 e. The highest BCUT2D eigenvalue weighted by molar-refractivity contribution is 5.85. The molecule has 0 aromatic rings. The van der Waals surface area contributed by atoms with E-state index in [0.717, 1.165) is 19.3 Å². The van der Waals surface area contributed by atoms with E-state index >= 15 is 0 Å². The van der Waals surface area contributed by atoms with Gasteiger partial charge in [0, 0.05) is 5.92 Å². The van der Waals surface area contributed by atoms with Crippen LogP contribution in [0.15, 0.2) is 0 Å². The van der Waals surface area contributed by atoms with Gasteiger partial charge in [-0.2, -0.15) is 0 Å². The van der Waals surface area contributed by atoms with Crippen LogP contribution in [0.4, 0.5) is 8.78 Å². The molecule has 108 valence electrons. The Labute approximate surface area is 113 Å². The summed E-state index contributed by atoms with van der Waals surface area (Å²) in [4.78, 5) is 11.6. The first-order valence-electron chi connectivity index (χ1n) is 6.30. The number of rotatable bonds is 6. The summed E-state index contributed by atoms with van der Waals surface area (Å²) in [6.07, 6.45) is 5.59. The second-order valence-electron chi connectivity index (χ2n) is 5.07. The second kappa shape index (κ2) is 7.89. The van der Waals surface area contributed by atoms with Crippen LogP contribution < -0.4 is 11.1 Å². The molecule has 0 bridgehead atoms. The Morgan fingerprint density at radius 3 is 2.50 bits per heavy atom. The maximum Gasteiger partial charge on any atom is 0.277 e. The molecule has 1 aliphatic rings. The summed E-state index contributed by atoms with van der Waals surface area (Å²) in [6, 6.07) is 0. The van der Waals surface area contributed by atoms with Gasteiger partial charge in [0.2, 0.25) is 5.91 Å². The predicted octanol–water partition coefficient (Wildman–Crippen LogP) is 2.33. The number of carbonyl (C=O) groups is 1. The number of nitrogens with two attached hydrogens (primary N) is 1. The first-order valence-corrected chi connectivity index (χ1v) is 6.30. The number of hydrogen-bond acceptors (Lipinski definition) is 2. The van der Waals surface area contributed by atoms with Crippen LogP contribution in [0.1, 0.15) is 39.0 Å². The quantitative estimate of drug-likeness (QED) is 0.786. The van der Waals surface area contributed by atoms with E-state index < -0.39 is 19.0 Å². The Bertz CT molecular complexity index is 258. The fourth-order valence-corrected chi connectivity index (χ4v) is 2.32. The minimum absolute atomic E-state index is 0. The SMILES string of the molecule is CC(CC1CCCC1)C(=O)NCC(F)(F)CN.Cl. The lowest BCUT2D eigenvalue weighted by Crippen LogP contribution is -2.43. The monoisotopic (exact) mass is 284 g/mol. The number of carbonyl (C=O) groups excluding carboxylic acids is 1. The van der Waals surface area contributed by atoms with Crippen molar-refractivity contribution in [3.63, 3.8) is 0 Å². The number of nitrogens with one attached hydrogen (secondary N) is 1. The molecule has 1 aliphatic carbocycles. The van der Waals surface area contributed by atoms with Crippen LogP contribution in [0, 0.1) is 11.8 Å². The van der Waals surface area contributed by atoms with E-state index in [2.05, 4.69) is 5.32 Å². The van der Waals surface area contributed by atoms with Crippen molar-refractivity contribution >= 4 is 18.3 Å². The zero-order chi connectivity index (χ0) is 12.9. The van der Waals surface area contributed by atoms with Gasteiger partial charge >= 0.3 is 0 Å². The molecule has 3 nitrogen and oxygen atoms in total. The number of alkyl halides is 2. The van der Waals surface area contributed by atoms with Crippen molar-refractivity contribution in [2.24, 2.45) is 17.6 Å². The van der Waals surface area contributed by atoms with E-state index in [-0.39, 0.29) is 24.2 Å². The average molecular weight is 285 g/mol. The third kappa shape index (κ3) is 5.96. The summed E-state index contributed by atoms with van der Waals surface area (Å²) in [7, 11) is 0. The topological polar surface area (TPSA) is 55.1 Å². The van der Waals surface area contributed by atoms with Crippen LogP contribution >= 0.6 is 12.4 Å². The Kier molecular flexibility index (Phi) is 7.71. The molecule has 0 spiro atoms. The van der Waals surface area contributed by atoms with Crippen LogP contribution in [0.3, 0.4) is 0 Å². The van der Waals surface area contributed by atoms with Crippen molar-refractivity contribution < 1.29 is 13.6 Å². The van der Waals surface area contributed by atoms with Crippen LogP contribution in [0.5, 0.6) is 0 Å². The molecule has 1 amide bonds. The molecular formula is C12H23ClF2N2O. The van der Waals surface area contributed by atoms with Gasteiger partial charge in [-0.25, -0.2) is 8.78 Å². The molecule has 1 saturated carbocycles. The largest absolute Gasteiger partial charge is 0.350 e. The van der Waals surface area contributed by atoms with Crippen LogP contribution in [0.25, 0.3) is 0 Å². The number of hydrogen-bond donors (Lipinski definition) is 2. The third-order valence-corrected chi connectivity index (χ3v) is 3.43. The first-order chi connectivity index (χ1) is 7.94. The van der Waals surface area contributed by atoms with Gasteiger partial charge in [0.05, 0.1) is 13.1 Å². The van der Waals surface area contributed by atoms with Gasteiger partial charge in [-0.1, -0.05) is 32.6 Å². The van der Waals surface area contributed by atoms with Gasteiger partial charge in [0.1, 0.15) is 0 Å². The minimum atomic E-state index is -3.00. The van der Waals surface area contributed by atoms with Crippen molar-refractivity contribution in [3.05, 3.63) is 0 Å². The number of amides is 1. The van der Waals surface area contributed by atoms with Crippen molar-refractivity contribution in [2.75, 3.05) is 13.1 Å². The fourth-order valence-electron chi connectivity index (χ4n) is 2.32. The zero-order valence-corrected chi connectivity index (χ0v) is 11.6. The summed E-state index contributed by atoms with van der Waals surface area (Å²) in [6.45, 7) is 0.413. The summed E-state index contributed by atoms with van der Waals surface area (Å²) in [5.41, 5.74) is 4.90. The van der Waals surface area contributed by atoms with E-state index in [0.29, 0.717) is 5.92 Å². The van der Waals surface area contributed by atoms with Crippen LogP contribution in [-0.2, 0) is 4.79 Å². The number of halogens is 3. The van der Waals surface area contributed by atoms with E-state index in [1.807, 2.05) is 0 Å². The lowest BCUT2D eigenvalue weighted by Gasteiger charge is -2.19. The van der Waals surface area contributed by atoms with Crippen molar-refractivity contribution in [1.29, 1.82) is 0 Å². The zero-order valence-electron chi connectivity index (χ0n) is 10.8. The van der Waals surface area contributed by atoms with Crippen molar-refractivity contribution in [2.45, 2.75) is 45.0 Å². The summed E-state index contributed by atoms with van der Waals surface area (Å²) < 4.78 is 25.7. The standard InChI is InChI=1S/C12H22F2N2O.ClH/c1-9(6-10-4-2-3-5-10)11(17)16-8-12(13,14)7-15;/h9-10H,2-8,15H2,1H3,(H,16,17);1H. The van der Waals surface area contributed by atoms with Gasteiger partial charge < -0.3 is 11.1 Å². The molecule has 3 N–H and O–H groups in total. The molecule has 1 fully saturated rings. The molecule has 0 aromatic heterocycles. The van der Waals surface area contributed by atoms with E-state index in [1.54, 1.807) is 6.92 Å². The average Bonchev–Trinajstić information content (AvgIpc) is 2.78. The summed E-state index contributed by atoms with van der Waals surface area (Å²) >= 11 is 0. The van der Waals surface area contributed by atoms with Crippen molar-refractivity contribution in [1.82, 2.24) is 5.32 Å². The maximum atomic E-state index is 12.8. The van der Waals surface area contributed by atoms with E-state index in [4.69, 9.17) is 5.73 Å². The summed E-state index contributed by atoms with van der Waals surface area (Å²) in [5, 5.41) is 2.28. The molecule has 6 heteroatoms. The highest BCUT2D eigenvalue weighted by Crippen LogP contribution is 2.30. The van der Waals surface area contributed by atoms with E-state index in [9.17, 15) is 13.6 Å². The maximum absolute atomic E-state index is 12.8. The highest BCUT2D eigenvalue weighted by Gasteiger charge is 2.29. The predicted molar refractivity (Wildman–Crippen MR) is 70.0 cm³/mol. The minimum Gasteiger partial charge on any atom is -0.350 e. The Morgan fingerprint density at radius 2 is 2.00 bits per heavy atom. The van der Waals surface area contributed by atoms with Gasteiger partial charge in [-0.15, -0.1) is 12.4 Å². The van der Waals surface area contributed by atoms with E-state index in [1.165, 1.54) is 12.8 Å². The molecule has 1 rings (SSSR count). The van der Waals surface area contributed by atoms with Gasteiger partial charge in [-0.3, -0.25) is 4.79 Å². The van der Waals surface area contributed by atoms with Gasteiger partial charge in [-0.05, 0) is 12.3 Å². The summed E-state index contributed by atoms with van der Waals surface area (Å²) in [5.74, 6) is -2.88. The second-order valence-corrected chi connectivity index (χ2v) is 5.07. The molecule has 0 radical (unpaired) electrons. The van der Waals surface area contributed by atoms with Crippen LogP contribution in [-0.4, -0.2) is 24.9 Å². The molecule has 0 aromatic carbocycles. The fraction of sp³-hybridized carbons (Fsp3) is 0.917. The van der Waals surface area contributed by atoms with Crippen LogP contribution in [0.2, 0.25) is 0 Å². The first kappa shape index (κ1) is 17.6. The molecule has 0 aliphatic heterocycles.